The monoisotopic (exact) mass is 232 g/mol. The van der Waals surface area contributed by atoms with Crippen molar-refractivity contribution in [3.8, 4) is 11.4 Å². The molecule has 2 rings (SSSR count). The van der Waals surface area contributed by atoms with Crippen LogP contribution in [0.4, 0.5) is 5.69 Å². The molecular weight excluding hydrogens is 220 g/mol. The van der Waals surface area contributed by atoms with Gasteiger partial charge in [-0.1, -0.05) is 6.08 Å². The molecule has 0 unspecified atom stereocenters. The summed E-state index contributed by atoms with van der Waals surface area (Å²) in [5.74, 6) is 0.796. The molecular formula is C11H12N4S. The first-order chi connectivity index (χ1) is 7.72. The molecule has 0 radical (unpaired) electrons. The van der Waals surface area contributed by atoms with Gasteiger partial charge in [0.15, 0.2) is 10.6 Å². The number of anilines is 1. The van der Waals surface area contributed by atoms with E-state index in [2.05, 4.69) is 16.8 Å². The van der Waals surface area contributed by atoms with Crippen molar-refractivity contribution in [2.45, 2.75) is 6.54 Å². The molecule has 0 fully saturated rings. The molecule has 82 valence electrons. The zero-order chi connectivity index (χ0) is 11.5. The normalized spacial score (nSPS) is 10.2. The predicted molar refractivity (Wildman–Crippen MR) is 67.5 cm³/mol. The zero-order valence-corrected chi connectivity index (χ0v) is 9.50. The highest BCUT2D eigenvalue weighted by atomic mass is 32.1. The number of hydrogen-bond donors (Lipinski definition) is 2. The second kappa shape index (κ2) is 4.32. The van der Waals surface area contributed by atoms with Gasteiger partial charge >= 0.3 is 0 Å². The van der Waals surface area contributed by atoms with Crippen LogP contribution in [0.3, 0.4) is 0 Å². The van der Waals surface area contributed by atoms with Crippen LogP contribution in [0.2, 0.25) is 0 Å². The number of benzene rings is 1. The molecule has 0 aliphatic rings. The SMILES string of the molecule is C=CCn1c(-c2ccc(N)cc2)n[nH]c1=S. The van der Waals surface area contributed by atoms with Crippen molar-refractivity contribution in [3.05, 3.63) is 41.7 Å². The van der Waals surface area contributed by atoms with Crippen LogP contribution >= 0.6 is 12.2 Å². The molecule has 1 aromatic carbocycles. The second-order valence-corrected chi connectivity index (χ2v) is 3.76. The molecule has 2 aromatic rings. The molecule has 1 aromatic heterocycles. The minimum absolute atomic E-state index is 0.590. The van der Waals surface area contributed by atoms with Crippen molar-refractivity contribution in [2.75, 3.05) is 5.73 Å². The largest absolute Gasteiger partial charge is 0.399 e. The number of nitrogens with one attached hydrogen (secondary N) is 1. The molecule has 0 spiro atoms. The molecule has 0 aliphatic heterocycles. The van der Waals surface area contributed by atoms with Crippen LogP contribution in [-0.4, -0.2) is 14.8 Å². The van der Waals surface area contributed by atoms with Gasteiger partial charge in [-0.25, -0.2) is 0 Å². The third kappa shape index (κ3) is 1.90. The third-order valence-corrected chi connectivity index (χ3v) is 2.55. The molecule has 0 saturated carbocycles. The average molecular weight is 232 g/mol. The summed E-state index contributed by atoms with van der Waals surface area (Å²) in [7, 11) is 0. The number of aromatic nitrogens is 3. The standard InChI is InChI=1S/C11H12N4S/c1-2-7-15-10(13-14-11(15)16)8-3-5-9(12)6-4-8/h2-6H,1,7,12H2,(H,14,16). The second-order valence-electron chi connectivity index (χ2n) is 3.37. The first kappa shape index (κ1) is 10.6. The Hall–Kier alpha value is -1.88. The summed E-state index contributed by atoms with van der Waals surface area (Å²) in [5.41, 5.74) is 7.34. The molecule has 1 heterocycles. The van der Waals surface area contributed by atoms with Crippen molar-refractivity contribution in [3.63, 3.8) is 0 Å². The summed E-state index contributed by atoms with van der Waals surface area (Å²) in [6.45, 7) is 4.33. The number of nitrogens with zero attached hydrogens (tertiary/aromatic N) is 2. The van der Waals surface area contributed by atoms with Gasteiger partial charge in [-0.05, 0) is 36.5 Å². The van der Waals surface area contributed by atoms with Crippen LogP contribution in [0, 0.1) is 4.77 Å². The average Bonchev–Trinajstić information content (AvgIpc) is 2.63. The Balaban J connectivity index is 2.51. The fourth-order valence-corrected chi connectivity index (χ4v) is 1.68. The Morgan fingerprint density at radius 3 is 2.75 bits per heavy atom. The first-order valence-electron chi connectivity index (χ1n) is 4.84. The van der Waals surface area contributed by atoms with Gasteiger partial charge in [0.2, 0.25) is 0 Å². The minimum Gasteiger partial charge on any atom is -0.399 e. The molecule has 5 heteroatoms. The van der Waals surface area contributed by atoms with E-state index in [0.717, 1.165) is 17.1 Å². The first-order valence-corrected chi connectivity index (χ1v) is 5.25. The quantitative estimate of drug-likeness (QED) is 0.485. The molecule has 0 saturated heterocycles. The maximum atomic E-state index is 5.63. The van der Waals surface area contributed by atoms with E-state index >= 15 is 0 Å². The Labute approximate surface area is 98.4 Å². The van der Waals surface area contributed by atoms with Gasteiger partial charge in [-0.3, -0.25) is 9.67 Å². The summed E-state index contributed by atoms with van der Waals surface area (Å²) < 4.78 is 2.47. The van der Waals surface area contributed by atoms with E-state index < -0.39 is 0 Å². The summed E-state index contributed by atoms with van der Waals surface area (Å²) in [4.78, 5) is 0. The van der Waals surface area contributed by atoms with Gasteiger partial charge in [-0.15, -0.1) is 6.58 Å². The maximum Gasteiger partial charge on any atom is 0.195 e. The summed E-state index contributed by atoms with van der Waals surface area (Å²) >= 11 is 5.14. The van der Waals surface area contributed by atoms with Crippen LogP contribution in [0.15, 0.2) is 36.9 Å². The zero-order valence-electron chi connectivity index (χ0n) is 8.68. The van der Waals surface area contributed by atoms with E-state index in [9.17, 15) is 0 Å². The third-order valence-electron chi connectivity index (χ3n) is 2.24. The fourth-order valence-electron chi connectivity index (χ4n) is 1.47. The maximum absolute atomic E-state index is 5.63. The van der Waals surface area contributed by atoms with Gasteiger partial charge < -0.3 is 5.73 Å². The number of aromatic amines is 1. The molecule has 0 atom stereocenters. The number of nitrogens with two attached hydrogens (primary N) is 1. The van der Waals surface area contributed by atoms with Gasteiger partial charge in [0.1, 0.15) is 0 Å². The van der Waals surface area contributed by atoms with Crippen LogP contribution in [0.1, 0.15) is 0 Å². The molecule has 3 N–H and O–H groups in total. The molecule has 0 aliphatic carbocycles. The topological polar surface area (TPSA) is 59.6 Å². The van der Waals surface area contributed by atoms with Crippen molar-refractivity contribution < 1.29 is 0 Å². The predicted octanol–water partition coefficient (Wildman–Crippen LogP) is 2.38. The van der Waals surface area contributed by atoms with Crippen molar-refractivity contribution >= 4 is 17.9 Å². The lowest BCUT2D eigenvalue weighted by Crippen LogP contribution is -1.98. The summed E-state index contributed by atoms with van der Waals surface area (Å²) in [6, 6.07) is 7.51. The summed E-state index contributed by atoms with van der Waals surface area (Å²) in [5, 5.41) is 6.96. The van der Waals surface area contributed by atoms with Crippen molar-refractivity contribution in [2.24, 2.45) is 0 Å². The number of allylic oxidation sites excluding steroid dienone is 1. The van der Waals surface area contributed by atoms with Crippen LogP contribution in [-0.2, 0) is 6.54 Å². The highest BCUT2D eigenvalue weighted by molar-refractivity contribution is 7.71. The molecule has 0 bridgehead atoms. The van der Waals surface area contributed by atoms with Crippen molar-refractivity contribution in [1.82, 2.24) is 14.8 Å². The number of rotatable bonds is 3. The van der Waals surface area contributed by atoms with Crippen molar-refractivity contribution in [1.29, 1.82) is 0 Å². The van der Waals surface area contributed by atoms with E-state index in [4.69, 9.17) is 18.0 Å². The van der Waals surface area contributed by atoms with Gasteiger partial charge in [-0.2, -0.15) is 5.10 Å². The van der Waals surface area contributed by atoms with Crippen LogP contribution < -0.4 is 5.73 Å². The van der Waals surface area contributed by atoms with E-state index in [0.29, 0.717) is 11.3 Å². The number of hydrogen-bond acceptors (Lipinski definition) is 3. The Morgan fingerprint density at radius 2 is 2.12 bits per heavy atom. The Kier molecular flexibility index (Phi) is 2.87. The lowest BCUT2D eigenvalue weighted by molar-refractivity contribution is 0.814. The van der Waals surface area contributed by atoms with Crippen LogP contribution in [0.25, 0.3) is 11.4 Å². The molecule has 4 nitrogen and oxygen atoms in total. The van der Waals surface area contributed by atoms with Gasteiger partial charge in [0, 0.05) is 17.8 Å². The Morgan fingerprint density at radius 1 is 1.44 bits per heavy atom. The van der Waals surface area contributed by atoms with E-state index in [1.54, 1.807) is 6.08 Å². The van der Waals surface area contributed by atoms with E-state index in [1.807, 2.05) is 28.8 Å². The number of nitrogen functional groups attached to an aromatic ring is 1. The van der Waals surface area contributed by atoms with Crippen LogP contribution in [0.5, 0.6) is 0 Å². The molecule has 16 heavy (non-hydrogen) atoms. The fraction of sp³-hybridized carbons (Fsp3) is 0.0909. The van der Waals surface area contributed by atoms with Gasteiger partial charge in [0.05, 0.1) is 0 Å². The highest BCUT2D eigenvalue weighted by Gasteiger charge is 2.06. The summed E-state index contributed by atoms with van der Waals surface area (Å²) in [6.07, 6.45) is 1.78. The Bertz CT molecular complexity index is 550. The van der Waals surface area contributed by atoms with E-state index in [1.165, 1.54) is 0 Å². The highest BCUT2D eigenvalue weighted by Crippen LogP contribution is 2.18. The number of H-pyrrole nitrogens is 1. The lowest BCUT2D eigenvalue weighted by Gasteiger charge is -2.03. The lowest BCUT2D eigenvalue weighted by atomic mass is 10.2. The smallest absolute Gasteiger partial charge is 0.195 e. The van der Waals surface area contributed by atoms with Gasteiger partial charge in [0.25, 0.3) is 0 Å². The van der Waals surface area contributed by atoms with E-state index in [-0.39, 0.29) is 0 Å². The molecule has 0 amide bonds. The minimum atomic E-state index is 0.590.